The van der Waals surface area contributed by atoms with Crippen molar-refractivity contribution < 1.29 is 4.79 Å². The number of nitrogens with zero attached hydrogens (tertiary/aromatic N) is 1. The van der Waals surface area contributed by atoms with Crippen molar-refractivity contribution in [3.8, 4) is 0 Å². The van der Waals surface area contributed by atoms with Crippen molar-refractivity contribution in [2.75, 3.05) is 19.0 Å². The lowest BCUT2D eigenvalue weighted by Crippen LogP contribution is -2.31. The van der Waals surface area contributed by atoms with Gasteiger partial charge in [0.1, 0.15) is 0 Å². The van der Waals surface area contributed by atoms with E-state index >= 15 is 0 Å². The van der Waals surface area contributed by atoms with Crippen molar-refractivity contribution in [1.82, 2.24) is 0 Å². The lowest BCUT2D eigenvalue weighted by atomic mass is 10.1. The topological polar surface area (TPSA) is 20.3 Å². The van der Waals surface area contributed by atoms with Crippen LogP contribution in [0.5, 0.6) is 0 Å². The Balaban J connectivity index is 2.91. The highest BCUT2D eigenvalue weighted by atomic mass is 28.3. The Kier molecular flexibility index (Phi) is 4.15. The van der Waals surface area contributed by atoms with Crippen LogP contribution in [-0.2, 0) is 0 Å². The van der Waals surface area contributed by atoms with Crippen molar-refractivity contribution >= 4 is 19.5 Å². The fourth-order valence-corrected chi connectivity index (χ4v) is 2.52. The molecular formula is C14H23NOSi. The Morgan fingerprint density at radius 1 is 1.12 bits per heavy atom. The number of hydrogen-bond acceptors (Lipinski definition) is 2. The minimum Gasteiger partial charge on any atom is -0.378 e. The third-order valence-electron chi connectivity index (χ3n) is 3.36. The molecule has 0 bridgehead atoms. The van der Waals surface area contributed by atoms with E-state index in [9.17, 15) is 4.79 Å². The Hall–Kier alpha value is -1.09. The number of rotatable bonds is 4. The van der Waals surface area contributed by atoms with E-state index in [0.717, 1.165) is 11.3 Å². The van der Waals surface area contributed by atoms with Gasteiger partial charge in [-0.1, -0.05) is 26.6 Å². The maximum Gasteiger partial charge on any atom is 0.163 e. The summed E-state index contributed by atoms with van der Waals surface area (Å²) in [5.74, 6) is 0.287. The van der Waals surface area contributed by atoms with E-state index in [1.54, 1.807) is 0 Å². The molecular weight excluding hydrogens is 226 g/mol. The predicted molar refractivity (Wildman–Crippen MR) is 77.9 cm³/mol. The number of ketones is 1. The molecule has 0 aliphatic rings. The van der Waals surface area contributed by atoms with Gasteiger partial charge in [0.2, 0.25) is 0 Å². The summed E-state index contributed by atoms with van der Waals surface area (Å²) in [6.07, 6.45) is 0. The molecule has 94 valence electrons. The van der Waals surface area contributed by atoms with E-state index in [4.69, 9.17) is 0 Å². The monoisotopic (exact) mass is 249 g/mol. The molecule has 3 heteroatoms. The van der Waals surface area contributed by atoms with Crippen LogP contribution < -0.4 is 4.90 Å². The van der Waals surface area contributed by atoms with Gasteiger partial charge in [-0.25, -0.2) is 0 Å². The summed E-state index contributed by atoms with van der Waals surface area (Å²) >= 11 is 0. The second-order valence-corrected chi connectivity index (χ2v) is 11.5. The summed E-state index contributed by atoms with van der Waals surface area (Å²) in [6, 6.07) is 7.89. The fraction of sp³-hybridized carbons (Fsp3) is 0.500. The summed E-state index contributed by atoms with van der Waals surface area (Å²) < 4.78 is 0. The van der Waals surface area contributed by atoms with Crippen LogP contribution in [0.2, 0.25) is 25.2 Å². The van der Waals surface area contributed by atoms with E-state index in [-0.39, 0.29) is 11.3 Å². The minimum atomic E-state index is -1.40. The minimum absolute atomic E-state index is 0.174. The molecule has 0 saturated heterocycles. The van der Waals surface area contributed by atoms with Gasteiger partial charge in [0.05, 0.1) is 8.07 Å². The van der Waals surface area contributed by atoms with Gasteiger partial charge in [-0.2, -0.15) is 0 Å². The molecule has 0 amide bonds. The summed E-state index contributed by atoms with van der Waals surface area (Å²) in [4.78, 5) is 14.3. The van der Waals surface area contributed by atoms with Crippen LogP contribution in [0.4, 0.5) is 5.69 Å². The van der Waals surface area contributed by atoms with Crippen molar-refractivity contribution in [3.63, 3.8) is 0 Å². The van der Waals surface area contributed by atoms with Gasteiger partial charge < -0.3 is 4.90 Å². The lowest BCUT2D eigenvalue weighted by Gasteiger charge is -2.24. The molecule has 0 saturated carbocycles. The zero-order valence-corrected chi connectivity index (χ0v) is 12.7. The van der Waals surface area contributed by atoms with Gasteiger partial charge >= 0.3 is 0 Å². The molecule has 1 atom stereocenters. The first-order chi connectivity index (χ1) is 7.73. The fourth-order valence-electron chi connectivity index (χ4n) is 1.57. The largest absolute Gasteiger partial charge is 0.378 e. The van der Waals surface area contributed by atoms with Crippen LogP contribution in [0.25, 0.3) is 0 Å². The third kappa shape index (κ3) is 3.43. The Morgan fingerprint density at radius 2 is 1.59 bits per heavy atom. The predicted octanol–water partition coefficient (Wildman–Crippen LogP) is 3.66. The molecule has 0 N–H and O–H groups in total. The van der Waals surface area contributed by atoms with Crippen molar-refractivity contribution in [2.24, 2.45) is 0 Å². The van der Waals surface area contributed by atoms with E-state index in [0.29, 0.717) is 0 Å². The van der Waals surface area contributed by atoms with E-state index < -0.39 is 8.07 Å². The summed E-state index contributed by atoms with van der Waals surface area (Å²) in [5.41, 5.74) is 2.14. The van der Waals surface area contributed by atoms with Gasteiger partial charge in [0, 0.05) is 30.9 Å². The molecule has 0 radical (unpaired) electrons. The van der Waals surface area contributed by atoms with Gasteiger partial charge in [-0.3, -0.25) is 4.79 Å². The SMILES string of the molecule is CC(C(=O)c1ccc(N(C)C)cc1)[Si](C)(C)C. The molecule has 0 heterocycles. The summed E-state index contributed by atoms with van der Waals surface area (Å²) in [6.45, 7) is 8.78. The maximum atomic E-state index is 12.3. The summed E-state index contributed by atoms with van der Waals surface area (Å²) in [7, 11) is 2.60. The molecule has 0 aliphatic heterocycles. The number of carbonyl (C=O) groups is 1. The number of carbonyl (C=O) groups excluding carboxylic acids is 1. The highest BCUT2D eigenvalue weighted by Gasteiger charge is 2.29. The molecule has 0 aromatic heterocycles. The lowest BCUT2D eigenvalue weighted by molar-refractivity contribution is 0.0986. The normalized spacial score (nSPS) is 13.3. The van der Waals surface area contributed by atoms with Crippen molar-refractivity contribution in [2.45, 2.75) is 32.1 Å². The van der Waals surface area contributed by atoms with E-state index in [2.05, 4.69) is 26.6 Å². The van der Waals surface area contributed by atoms with Crippen LogP contribution in [0.3, 0.4) is 0 Å². The number of anilines is 1. The first kappa shape index (κ1) is 14.0. The van der Waals surface area contributed by atoms with Crippen LogP contribution >= 0.6 is 0 Å². The Bertz CT molecular complexity index is 390. The first-order valence-electron chi connectivity index (χ1n) is 6.05. The molecule has 17 heavy (non-hydrogen) atoms. The van der Waals surface area contributed by atoms with Gasteiger partial charge in [0.25, 0.3) is 0 Å². The molecule has 1 unspecified atom stereocenters. The van der Waals surface area contributed by atoms with Crippen molar-refractivity contribution in [3.05, 3.63) is 29.8 Å². The smallest absolute Gasteiger partial charge is 0.163 e. The van der Waals surface area contributed by atoms with Crippen LogP contribution in [-0.4, -0.2) is 28.0 Å². The molecule has 1 rings (SSSR count). The standard InChI is InChI=1S/C14H23NOSi/c1-11(17(4,5)6)14(16)12-7-9-13(10-8-12)15(2)3/h7-11H,1-6H3. The summed E-state index contributed by atoms with van der Waals surface area (Å²) in [5, 5.41) is 0. The quantitative estimate of drug-likeness (QED) is 0.599. The van der Waals surface area contributed by atoms with Gasteiger partial charge in [0.15, 0.2) is 5.78 Å². The van der Waals surface area contributed by atoms with E-state index in [1.165, 1.54) is 0 Å². The number of benzene rings is 1. The molecule has 2 nitrogen and oxygen atoms in total. The maximum absolute atomic E-state index is 12.3. The third-order valence-corrected chi connectivity index (χ3v) is 6.22. The van der Waals surface area contributed by atoms with E-state index in [1.807, 2.05) is 43.3 Å². The van der Waals surface area contributed by atoms with Crippen LogP contribution in [0.1, 0.15) is 17.3 Å². The van der Waals surface area contributed by atoms with Crippen LogP contribution in [0, 0.1) is 0 Å². The van der Waals surface area contributed by atoms with Crippen LogP contribution in [0.15, 0.2) is 24.3 Å². The Morgan fingerprint density at radius 3 is 1.94 bits per heavy atom. The number of hydrogen-bond donors (Lipinski definition) is 0. The molecule has 1 aromatic rings. The number of Topliss-reactive ketones (excluding diaryl/α,β-unsaturated/α-hetero) is 1. The zero-order valence-electron chi connectivity index (χ0n) is 11.7. The second kappa shape index (κ2) is 5.04. The highest BCUT2D eigenvalue weighted by molar-refractivity contribution is 6.80. The van der Waals surface area contributed by atoms with Crippen molar-refractivity contribution in [1.29, 1.82) is 0 Å². The molecule has 0 fully saturated rings. The van der Waals surface area contributed by atoms with Gasteiger partial charge in [-0.15, -0.1) is 0 Å². The average molecular weight is 249 g/mol. The molecule has 0 aliphatic carbocycles. The highest BCUT2D eigenvalue weighted by Crippen LogP contribution is 2.26. The Labute approximate surface area is 106 Å². The zero-order chi connectivity index (χ0) is 13.2. The first-order valence-corrected chi connectivity index (χ1v) is 9.63. The molecule has 0 spiro atoms. The van der Waals surface area contributed by atoms with Gasteiger partial charge in [-0.05, 0) is 24.3 Å². The average Bonchev–Trinajstić information content (AvgIpc) is 2.26. The second-order valence-electron chi connectivity index (χ2n) is 5.89. The molecule has 1 aromatic carbocycles.